The topological polar surface area (TPSA) is 12.0 Å². The Hall–Kier alpha value is -0.600. The van der Waals surface area contributed by atoms with Crippen molar-refractivity contribution in [2.75, 3.05) is 6.54 Å². The maximum absolute atomic E-state index is 3.90. The summed E-state index contributed by atoms with van der Waals surface area (Å²) in [5.74, 6) is 0.746. The summed E-state index contributed by atoms with van der Waals surface area (Å²) in [6.07, 6.45) is 2.52. The van der Waals surface area contributed by atoms with Crippen molar-refractivity contribution >= 4 is 15.9 Å². The number of hydrogen-bond donors (Lipinski definition) is 1. The second-order valence-electron chi connectivity index (χ2n) is 4.75. The van der Waals surface area contributed by atoms with Gasteiger partial charge in [-0.05, 0) is 43.4 Å². The quantitative estimate of drug-likeness (QED) is 0.826. The van der Waals surface area contributed by atoms with Crippen molar-refractivity contribution in [3.05, 3.63) is 46.5 Å². The van der Waals surface area contributed by atoms with Crippen LogP contribution in [-0.2, 0) is 0 Å². The second kappa shape index (κ2) is 5.15. The molecule has 0 radical (unpaired) electrons. The van der Waals surface area contributed by atoms with Gasteiger partial charge < -0.3 is 5.32 Å². The average molecular weight is 280 g/mol. The number of halogens is 1. The van der Waals surface area contributed by atoms with Crippen molar-refractivity contribution in [2.45, 2.75) is 31.7 Å². The highest BCUT2D eigenvalue weighted by molar-refractivity contribution is 9.10. The average Bonchev–Trinajstić information content (AvgIpc) is 2.18. The van der Waals surface area contributed by atoms with Crippen LogP contribution in [-0.4, -0.2) is 12.6 Å². The SMILES string of the molecule is C=C(C)CNC1CC(c2ccc(Br)cc2)C1. The molecule has 1 N–H and O–H groups in total. The lowest BCUT2D eigenvalue weighted by Gasteiger charge is -2.36. The van der Waals surface area contributed by atoms with Crippen molar-refractivity contribution in [1.82, 2.24) is 5.32 Å². The molecule has 0 amide bonds. The van der Waals surface area contributed by atoms with Gasteiger partial charge in [0.25, 0.3) is 0 Å². The maximum Gasteiger partial charge on any atom is 0.0175 e. The van der Waals surface area contributed by atoms with Crippen LogP contribution in [0.5, 0.6) is 0 Å². The van der Waals surface area contributed by atoms with Crippen LogP contribution in [0.4, 0.5) is 0 Å². The van der Waals surface area contributed by atoms with Crippen LogP contribution in [0.1, 0.15) is 31.2 Å². The van der Waals surface area contributed by atoms with Crippen LogP contribution >= 0.6 is 15.9 Å². The van der Waals surface area contributed by atoms with Gasteiger partial charge in [0.15, 0.2) is 0 Å². The van der Waals surface area contributed by atoms with E-state index in [1.165, 1.54) is 24.0 Å². The van der Waals surface area contributed by atoms with E-state index in [1.54, 1.807) is 0 Å². The van der Waals surface area contributed by atoms with Gasteiger partial charge in [-0.25, -0.2) is 0 Å². The highest BCUT2D eigenvalue weighted by Crippen LogP contribution is 2.37. The zero-order valence-corrected chi connectivity index (χ0v) is 11.3. The first kappa shape index (κ1) is 11.9. The predicted octanol–water partition coefficient (Wildman–Crippen LogP) is 3.86. The van der Waals surface area contributed by atoms with Gasteiger partial charge in [0.05, 0.1) is 0 Å². The molecule has 1 aromatic rings. The normalized spacial score (nSPS) is 23.9. The van der Waals surface area contributed by atoms with Gasteiger partial charge in [-0.2, -0.15) is 0 Å². The molecule has 0 unspecified atom stereocenters. The summed E-state index contributed by atoms with van der Waals surface area (Å²) in [6.45, 7) is 6.93. The van der Waals surface area contributed by atoms with E-state index in [2.05, 4.69) is 59.0 Å². The number of rotatable bonds is 4. The molecule has 0 saturated heterocycles. The molecule has 86 valence electrons. The van der Waals surface area contributed by atoms with Crippen molar-refractivity contribution < 1.29 is 0 Å². The van der Waals surface area contributed by atoms with Crippen molar-refractivity contribution in [3.8, 4) is 0 Å². The second-order valence-corrected chi connectivity index (χ2v) is 5.67. The molecule has 1 aromatic carbocycles. The summed E-state index contributed by atoms with van der Waals surface area (Å²) in [5.41, 5.74) is 2.68. The van der Waals surface area contributed by atoms with Gasteiger partial charge >= 0.3 is 0 Å². The minimum Gasteiger partial charge on any atom is -0.310 e. The third kappa shape index (κ3) is 2.96. The van der Waals surface area contributed by atoms with Gasteiger partial charge in [0.1, 0.15) is 0 Å². The zero-order chi connectivity index (χ0) is 11.5. The summed E-state index contributed by atoms with van der Waals surface area (Å²) < 4.78 is 1.16. The van der Waals surface area contributed by atoms with Crippen molar-refractivity contribution in [2.24, 2.45) is 0 Å². The third-order valence-corrected chi connectivity index (χ3v) is 3.70. The number of nitrogens with one attached hydrogen (secondary N) is 1. The van der Waals surface area contributed by atoms with Gasteiger partial charge in [-0.1, -0.05) is 40.2 Å². The third-order valence-electron chi connectivity index (χ3n) is 3.17. The Morgan fingerprint density at radius 3 is 2.56 bits per heavy atom. The Morgan fingerprint density at radius 1 is 1.38 bits per heavy atom. The molecular formula is C14H18BrN. The fourth-order valence-electron chi connectivity index (χ4n) is 2.11. The molecular weight excluding hydrogens is 262 g/mol. The van der Waals surface area contributed by atoms with E-state index in [0.717, 1.165) is 16.9 Å². The van der Waals surface area contributed by atoms with E-state index in [9.17, 15) is 0 Å². The van der Waals surface area contributed by atoms with E-state index < -0.39 is 0 Å². The van der Waals surface area contributed by atoms with Gasteiger partial charge in [0, 0.05) is 17.1 Å². The molecule has 1 fully saturated rings. The molecule has 1 saturated carbocycles. The molecule has 1 aliphatic carbocycles. The summed E-state index contributed by atoms with van der Waals surface area (Å²) >= 11 is 3.47. The van der Waals surface area contributed by atoms with Crippen LogP contribution in [0, 0.1) is 0 Å². The van der Waals surface area contributed by atoms with Gasteiger partial charge in [-0.15, -0.1) is 0 Å². The largest absolute Gasteiger partial charge is 0.310 e. The number of benzene rings is 1. The van der Waals surface area contributed by atoms with E-state index >= 15 is 0 Å². The number of hydrogen-bond acceptors (Lipinski definition) is 1. The molecule has 0 heterocycles. The Balaban J connectivity index is 1.79. The molecule has 2 heteroatoms. The lowest BCUT2D eigenvalue weighted by molar-refractivity contribution is 0.298. The van der Waals surface area contributed by atoms with E-state index in [4.69, 9.17) is 0 Å². The minimum atomic E-state index is 0.686. The van der Waals surface area contributed by atoms with Crippen molar-refractivity contribution in [3.63, 3.8) is 0 Å². The lowest BCUT2D eigenvalue weighted by atomic mass is 9.76. The first-order valence-corrected chi connectivity index (χ1v) is 6.57. The van der Waals surface area contributed by atoms with Gasteiger partial charge in [0.2, 0.25) is 0 Å². The van der Waals surface area contributed by atoms with Crippen LogP contribution < -0.4 is 5.32 Å². The van der Waals surface area contributed by atoms with E-state index in [-0.39, 0.29) is 0 Å². The first-order chi connectivity index (χ1) is 7.65. The summed E-state index contributed by atoms with van der Waals surface area (Å²) in [4.78, 5) is 0. The molecule has 16 heavy (non-hydrogen) atoms. The Morgan fingerprint density at radius 2 is 2.00 bits per heavy atom. The Bertz CT molecular complexity index is 363. The highest BCUT2D eigenvalue weighted by atomic mass is 79.9. The predicted molar refractivity (Wildman–Crippen MR) is 72.7 cm³/mol. The zero-order valence-electron chi connectivity index (χ0n) is 9.67. The molecule has 2 rings (SSSR count). The molecule has 0 bridgehead atoms. The molecule has 0 aromatic heterocycles. The van der Waals surface area contributed by atoms with Crippen LogP contribution in [0.15, 0.2) is 40.9 Å². The van der Waals surface area contributed by atoms with Crippen LogP contribution in [0.25, 0.3) is 0 Å². The fourth-order valence-corrected chi connectivity index (χ4v) is 2.37. The van der Waals surface area contributed by atoms with Gasteiger partial charge in [-0.3, -0.25) is 0 Å². The standard InChI is InChI=1S/C14H18BrN/c1-10(2)9-16-14-7-12(8-14)11-3-5-13(15)6-4-11/h3-6,12,14,16H,1,7-9H2,2H3. The molecule has 1 aliphatic rings. The molecule has 0 aliphatic heterocycles. The monoisotopic (exact) mass is 279 g/mol. The Labute approximate surface area is 106 Å². The van der Waals surface area contributed by atoms with Crippen molar-refractivity contribution in [1.29, 1.82) is 0 Å². The summed E-state index contributed by atoms with van der Waals surface area (Å²) in [6, 6.07) is 9.40. The first-order valence-electron chi connectivity index (χ1n) is 5.78. The highest BCUT2D eigenvalue weighted by Gasteiger charge is 2.29. The summed E-state index contributed by atoms with van der Waals surface area (Å²) in [7, 11) is 0. The molecule has 0 spiro atoms. The van der Waals surface area contributed by atoms with E-state index in [1.807, 2.05) is 0 Å². The smallest absolute Gasteiger partial charge is 0.0175 e. The molecule has 0 atom stereocenters. The Kier molecular flexibility index (Phi) is 3.82. The molecule has 1 nitrogen and oxygen atoms in total. The van der Waals surface area contributed by atoms with Crippen LogP contribution in [0.2, 0.25) is 0 Å². The van der Waals surface area contributed by atoms with E-state index in [0.29, 0.717) is 6.04 Å². The van der Waals surface area contributed by atoms with Crippen LogP contribution in [0.3, 0.4) is 0 Å². The fraction of sp³-hybridized carbons (Fsp3) is 0.429. The maximum atomic E-state index is 3.90. The lowest BCUT2D eigenvalue weighted by Crippen LogP contribution is -2.40. The minimum absolute atomic E-state index is 0.686. The summed E-state index contributed by atoms with van der Waals surface area (Å²) in [5, 5.41) is 3.52.